The summed E-state index contributed by atoms with van der Waals surface area (Å²) in [6, 6.07) is 18.3. The third-order valence-corrected chi connectivity index (χ3v) is 6.29. The molecule has 1 saturated heterocycles. The molecule has 0 unspecified atom stereocenters. The number of halogens is 1. The SMILES string of the molecule is CC(C)Oc1cccc(C(=O)N2CCC3(CC2)Oc2ccccc2-n2c(C#N)ccc23)c1F. The van der Waals surface area contributed by atoms with E-state index in [2.05, 4.69) is 6.07 Å². The minimum Gasteiger partial charge on any atom is -0.488 e. The van der Waals surface area contributed by atoms with Crippen LogP contribution in [0, 0.1) is 17.1 Å². The number of rotatable bonds is 3. The Morgan fingerprint density at radius 1 is 1.12 bits per heavy atom. The van der Waals surface area contributed by atoms with Crippen molar-refractivity contribution >= 4 is 5.91 Å². The summed E-state index contributed by atoms with van der Waals surface area (Å²) in [4.78, 5) is 14.8. The van der Waals surface area contributed by atoms with E-state index in [1.165, 1.54) is 12.1 Å². The first kappa shape index (κ1) is 21.1. The van der Waals surface area contributed by atoms with Crippen LogP contribution in [-0.2, 0) is 5.60 Å². The summed E-state index contributed by atoms with van der Waals surface area (Å²) in [5.74, 6) is -0.201. The van der Waals surface area contributed by atoms with Gasteiger partial charge in [-0.2, -0.15) is 5.26 Å². The van der Waals surface area contributed by atoms with Gasteiger partial charge in [0.15, 0.2) is 17.2 Å². The minimum absolute atomic E-state index is 0.00847. The van der Waals surface area contributed by atoms with Gasteiger partial charge in [-0.1, -0.05) is 18.2 Å². The molecule has 7 heteroatoms. The number of likely N-dealkylation sites (tertiary alicyclic amines) is 1. The molecule has 1 amide bonds. The lowest BCUT2D eigenvalue weighted by Crippen LogP contribution is -2.50. The maximum atomic E-state index is 15.0. The number of amides is 1. The number of aromatic nitrogens is 1. The second kappa shape index (κ2) is 7.96. The Hall–Kier alpha value is -3.79. The Bertz CT molecular complexity index is 1270. The number of hydrogen-bond donors (Lipinski definition) is 0. The maximum absolute atomic E-state index is 15.0. The fraction of sp³-hybridized carbons (Fsp3) is 0.308. The maximum Gasteiger partial charge on any atom is 0.256 e. The first-order valence-electron chi connectivity index (χ1n) is 11.1. The van der Waals surface area contributed by atoms with E-state index in [1.54, 1.807) is 17.0 Å². The second-order valence-electron chi connectivity index (χ2n) is 8.69. The first-order valence-corrected chi connectivity index (χ1v) is 11.1. The van der Waals surface area contributed by atoms with Crippen LogP contribution >= 0.6 is 0 Å². The minimum atomic E-state index is -0.651. The smallest absolute Gasteiger partial charge is 0.256 e. The molecule has 3 aromatic rings. The highest BCUT2D eigenvalue weighted by molar-refractivity contribution is 5.95. The van der Waals surface area contributed by atoms with Crippen LogP contribution < -0.4 is 9.47 Å². The lowest BCUT2D eigenvalue weighted by Gasteiger charge is -2.45. The summed E-state index contributed by atoms with van der Waals surface area (Å²) >= 11 is 0. The van der Waals surface area contributed by atoms with E-state index in [0.29, 0.717) is 37.4 Å². The Kier molecular flexibility index (Phi) is 5.09. The van der Waals surface area contributed by atoms with E-state index in [1.807, 2.05) is 48.7 Å². The number of nitrogens with zero attached hydrogens (tertiary/aromatic N) is 3. The van der Waals surface area contributed by atoms with Crippen molar-refractivity contribution in [1.82, 2.24) is 9.47 Å². The van der Waals surface area contributed by atoms with Crippen molar-refractivity contribution in [3.63, 3.8) is 0 Å². The van der Waals surface area contributed by atoms with Crippen molar-refractivity contribution in [1.29, 1.82) is 5.26 Å². The molecule has 0 atom stereocenters. The van der Waals surface area contributed by atoms with Gasteiger partial charge in [0.2, 0.25) is 0 Å². The zero-order chi connectivity index (χ0) is 23.2. The average Bonchev–Trinajstić information content (AvgIpc) is 3.26. The highest BCUT2D eigenvalue weighted by Crippen LogP contribution is 2.46. The van der Waals surface area contributed by atoms with E-state index in [-0.39, 0.29) is 23.3 Å². The van der Waals surface area contributed by atoms with Crippen LogP contribution in [0.5, 0.6) is 11.5 Å². The van der Waals surface area contributed by atoms with Gasteiger partial charge in [0.25, 0.3) is 5.91 Å². The molecule has 2 aliphatic heterocycles. The van der Waals surface area contributed by atoms with Crippen molar-refractivity contribution in [2.75, 3.05) is 13.1 Å². The molecule has 0 bridgehead atoms. The van der Waals surface area contributed by atoms with Gasteiger partial charge in [-0.15, -0.1) is 0 Å². The van der Waals surface area contributed by atoms with Gasteiger partial charge in [-0.25, -0.2) is 4.39 Å². The van der Waals surface area contributed by atoms with Crippen LogP contribution in [0.1, 0.15) is 48.4 Å². The van der Waals surface area contributed by atoms with E-state index < -0.39 is 11.4 Å². The number of nitriles is 1. The molecule has 1 fully saturated rings. The third kappa shape index (κ3) is 3.43. The molecule has 1 spiro atoms. The Morgan fingerprint density at radius 2 is 1.88 bits per heavy atom. The number of para-hydroxylation sites is 2. The number of hydrogen-bond acceptors (Lipinski definition) is 4. The molecule has 0 radical (unpaired) electrons. The second-order valence-corrected chi connectivity index (χ2v) is 8.69. The van der Waals surface area contributed by atoms with Crippen LogP contribution in [0.2, 0.25) is 0 Å². The lowest BCUT2D eigenvalue weighted by atomic mass is 9.86. The van der Waals surface area contributed by atoms with Crippen molar-refractivity contribution in [2.24, 2.45) is 0 Å². The molecule has 33 heavy (non-hydrogen) atoms. The molecular formula is C26H24FN3O3. The molecule has 0 saturated carbocycles. The third-order valence-electron chi connectivity index (χ3n) is 6.29. The predicted octanol–water partition coefficient (Wildman–Crippen LogP) is 4.80. The monoisotopic (exact) mass is 445 g/mol. The van der Waals surface area contributed by atoms with Crippen molar-refractivity contribution in [3.8, 4) is 23.3 Å². The Balaban J connectivity index is 1.42. The largest absolute Gasteiger partial charge is 0.488 e. The topological polar surface area (TPSA) is 67.5 Å². The Morgan fingerprint density at radius 3 is 2.61 bits per heavy atom. The molecule has 2 aliphatic rings. The number of carbonyl (C=O) groups excluding carboxylic acids is 1. The molecule has 0 aliphatic carbocycles. The predicted molar refractivity (Wildman–Crippen MR) is 120 cm³/mol. The van der Waals surface area contributed by atoms with E-state index in [0.717, 1.165) is 11.4 Å². The fourth-order valence-electron chi connectivity index (χ4n) is 4.75. The normalized spacial score (nSPS) is 16.0. The summed E-state index contributed by atoms with van der Waals surface area (Å²) in [6.45, 7) is 4.44. The molecule has 2 aromatic carbocycles. The van der Waals surface area contributed by atoms with Gasteiger partial charge in [-0.3, -0.25) is 9.36 Å². The van der Waals surface area contributed by atoms with E-state index in [4.69, 9.17) is 9.47 Å². The summed E-state index contributed by atoms with van der Waals surface area (Å²) in [5.41, 5.74) is 1.64. The standard InChI is InChI=1S/C26H24FN3O3/c1-17(2)32-22-9-5-6-19(24(22)27)25(31)29-14-12-26(13-15-29)23-11-10-18(16-28)30(23)20-7-3-4-8-21(20)33-26/h3-11,17H,12-15H2,1-2H3. The van der Waals surface area contributed by atoms with Crippen LogP contribution in [-0.4, -0.2) is 34.6 Å². The van der Waals surface area contributed by atoms with Crippen molar-refractivity contribution < 1.29 is 18.7 Å². The van der Waals surface area contributed by atoms with Gasteiger partial charge in [0.1, 0.15) is 17.5 Å². The van der Waals surface area contributed by atoms with Crippen molar-refractivity contribution in [2.45, 2.75) is 38.4 Å². The number of benzene rings is 2. The van der Waals surface area contributed by atoms with Gasteiger partial charge in [0, 0.05) is 25.9 Å². The van der Waals surface area contributed by atoms with E-state index in [9.17, 15) is 14.4 Å². The molecular weight excluding hydrogens is 421 g/mol. The van der Waals surface area contributed by atoms with Crippen LogP contribution in [0.25, 0.3) is 5.69 Å². The summed E-state index contributed by atoms with van der Waals surface area (Å²) < 4.78 is 28.9. The zero-order valence-corrected chi connectivity index (χ0v) is 18.5. The molecule has 6 nitrogen and oxygen atoms in total. The fourth-order valence-corrected chi connectivity index (χ4v) is 4.75. The van der Waals surface area contributed by atoms with Gasteiger partial charge < -0.3 is 14.4 Å². The first-order chi connectivity index (χ1) is 15.9. The number of piperidine rings is 1. The molecule has 168 valence electrons. The summed E-state index contributed by atoms with van der Waals surface area (Å²) in [6.07, 6.45) is 0.873. The van der Waals surface area contributed by atoms with Crippen LogP contribution in [0.3, 0.4) is 0 Å². The molecule has 1 aromatic heterocycles. The highest BCUT2D eigenvalue weighted by atomic mass is 19.1. The van der Waals surface area contributed by atoms with Crippen LogP contribution in [0.4, 0.5) is 4.39 Å². The number of fused-ring (bicyclic) bond motifs is 4. The number of ether oxygens (including phenoxy) is 2. The van der Waals surface area contributed by atoms with Gasteiger partial charge in [0.05, 0.1) is 23.0 Å². The van der Waals surface area contributed by atoms with Crippen LogP contribution in [0.15, 0.2) is 54.6 Å². The van der Waals surface area contributed by atoms with E-state index >= 15 is 0 Å². The Labute approximate surface area is 191 Å². The quantitative estimate of drug-likeness (QED) is 0.581. The molecule has 5 rings (SSSR count). The van der Waals surface area contributed by atoms with Crippen molar-refractivity contribution in [3.05, 3.63) is 77.4 Å². The van der Waals surface area contributed by atoms with Gasteiger partial charge in [-0.05, 0) is 50.2 Å². The molecule has 0 N–H and O–H groups in total. The summed E-state index contributed by atoms with van der Waals surface area (Å²) in [7, 11) is 0. The molecule has 3 heterocycles. The average molecular weight is 445 g/mol. The number of carbonyl (C=O) groups is 1. The zero-order valence-electron chi connectivity index (χ0n) is 18.5. The summed E-state index contributed by atoms with van der Waals surface area (Å²) in [5, 5.41) is 9.63. The van der Waals surface area contributed by atoms with Gasteiger partial charge >= 0.3 is 0 Å². The highest BCUT2D eigenvalue weighted by Gasteiger charge is 2.45. The lowest BCUT2D eigenvalue weighted by molar-refractivity contribution is -0.00950.